The van der Waals surface area contributed by atoms with Crippen LogP contribution in [0.2, 0.25) is 0 Å². The van der Waals surface area contributed by atoms with Crippen LogP contribution in [0.1, 0.15) is 27.0 Å². The monoisotopic (exact) mass is 208 g/mol. The van der Waals surface area contributed by atoms with Crippen molar-refractivity contribution in [1.29, 1.82) is 0 Å². The van der Waals surface area contributed by atoms with Crippen LogP contribution < -0.4 is 0 Å². The van der Waals surface area contributed by atoms with E-state index in [0.717, 1.165) is 5.56 Å². The van der Waals surface area contributed by atoms with E-state index in [2.05, 4.69) is 0 Å². The van der Waals surface area contributed by atoms with Gasteiger partial charge in [0.2, 0.25) is 0 Å². The predicted octanol–water partition coefficient (Wildman–Crippen LogP) is 1.63. The summed E-state index contributed by atoms with van der Waals surface area (Å²) in [6.45, 7) is 3.47. The van der Waals surface area contributed by atoms with Crippen LogP contribution in [0, 0.1) is 13.8 Å². The molecule has 0 saturated heterocycles. The number of carbonyl (C=O) groups is 2. The zero-order chi connectivity index (χ0) is 11.6. The Morgan fingerprint density at radius 1 is 1.13 bits per heavy atom. The molecule has 1 aromatic carbocycles. The molecule has 15 heavy (non-hydrogen) atoms. The van der Waals surface area contributed by atoms with E-state index in [9.17, 15) is 9.59 Å². The Hall–Kier alpha value is -1.84. The van der Waals surface area contributed by atoms with Gasteiger partial charge in [0.15, 0.2) is 0 Å². The molecule has 0 radical (unpaired) electrons. The zero-order valence-corrected chi connectivity index (χ0v) is 8.57. The number of carboxylic acid groups (broad SMARTS) is 2. The lowest BCUT2D eigenvalue weighted by molar-refractivity contribution is -0.136. The Morgan fingerprint density at radius 2 is 1.73 bits per heavy atom. The summed E-state index contributed by atoms with van der Waals surface area (Å²) in [4.78, 5) is 21.4. The molecule has 0 atom stereocenters. The Labute approximate surface area is 87.2 Å². The first kappa shape index (κ1) is 11.2. The maximum Gasteiger partial charge on any atom is 0.335 e. The molecule has 0 aliphatic heterocycles. The molecule has 0 unspecified atom stereocenters. The molecule has 80 valence electrons. The van der Waals surface area contributed by atoms with Gasteiger partial charge in [-0.2, -0.15) is 0 Å². The quantitative estimate of drug-likeness (QED) is 0.791. The number of hydrogen-bond acceptors (Lipinski definition) is 2. The Bertz CT molecular complexity index is 421. The maximum absolute atomic E-state index is 10.8. The summed E-state index contributed by atoms with van der Waals surface area (Å²) in [7, 11) is 0. The molecule has 0 heterocycles. The van der Waals surface area contributed by atoms with Crippen LogP contribution in [0.25, 0.3) is 0 Å². The van der Waals surface area contributed by atoms with Crippen molar-refractivity contribution in [2.24, 2.45) is 0 Å². The molecule has 0 aromatic heterocycles. The van der Waals surface area contributed by atoms with Crippen LogP contribution in [-0.2, 0) is 11.2 Å². The number of benzene rings is 1. The van der Waals surface area contributed by atoms with Crippen LogP contribution in [0.15, 0.2) is 12.1 Å². The molecule has 0 aliphatic rings. The van der Waals surface area contributed by atoms with Crippen LogP contribution in [-0.4, -0.2) is 22.2 Å². The molecule has 0 saturated carbocycles. The van der Waals surface area contributed by atoms with Crippen molar-refractivity contribution >= 4 is 11.9 Å². The third-order valence-corrected chi connectivity index (χ3v) is 2.26. The van der Waals surface area contributed by atoms with Gasteiger partial charge in [-0.1, -0.05) is 6.07 Å². The fourth-order valence-electron chi connectivity index (χ4n) is 1.48. The van der Waals surface area contributed by atoms with E-state index in [1.807, 2.05) is 0 Å². The standard InChI is InChI=1S/C11H12O4/c1-6-3-7(2)9(11(14)15)4-8(6)5-10(12)13/h3-4H,5H2,1-2H3,(H,12,13)(H,14,15). The van der Waals surface area contributed by atoms with E-state index >= 15 is 0 Å². The summed E-state index contributed by atoms with van der Waals surface area (Å²) in [5.74, 6) is -1.99. The molecule has 0 amide bonds. The largest absolute Gasteiger partial charge is 0.481 e. The van der Waals surface area contributed by atoms with Crippen molar-refractivity contribution in [3.05, 3.63) is 34.4 Å². The van der Waals surface area contributed by atoms with Crippen LogP contribution >= 0.6 is 0 Å². The van der Waals surface area contributed by atoms with E-state index < -0.39 is 11.9 Å². The molecule has 4 heteroatoms. The second kappa shape index (κ2) is 4.13. The van der Waals surface area contributed by atoms with Crippen LogP contribution in [0.3, 0.4) is 0 Å². The number of aryl methyl sites for hydroxylation is 2. The number of aliphatic carboxylic acids is 1. The zero-order valence-electron chi connectivity index (χ0n) is 8.57. The molecule has 1 aromatic rings. The first-order valence-electron chi connectivity index (χ1n) is 4.47. The number of rotatable bonds is 3. The van der Waals surface area contributed by atoms with Crippen molar-refractivity contribution in [2.45, 2.75) is 20.3 Å². The first-order valence-corrected chi connectivity index (χ1v) is 4.47. The summed E-state index contributed by atoms with van der Waals surface area (Å²) < 4.78 is 0. The molecule has 0 aliphatic carbocycles. The topological polar surface area (TPSA) is 74.6 Å². The highest BCUT2D eigenvalue weighted by molar-refractivity contribution is 5.90. The molecule has 2 N–H and O–H groups in total. The minimum Gasteiger partial charge on any atom is -0.481 e. The molecule has 0 fully saturated rings. The Morgan fingerprint density at radius 3 is 2.20 bits per heavy atom. The van der Waals surface area contributed by atoms with Crippen molar-refractivity contribution < 1.29 is 19.8 Å². The number of aromatic carboxylic acids is 1. The van der Waals surface area contributed by atoms with Gasteiger partial charge in [0.05, 0.1) is 12.0 Å². The minimum absolute atomic E-state index is 0.146. The van der Waals surface area contributed by atoms with Gasteiger partial charge >= 0.3 is 11.9 Å². The Kier molecular flexibility index (Phi) is 3.09. The smallest absolute Gasteiger partial charge is 0.335 e. The van der Waals surface area contributed by atoms with Gasteiger partial charge in [0.25, 0.3) is 0 Å². The number of carboxylic acids is 2. The van der Waals surface area contributed by atoms with E-state index in [0.29, 0.717) is 11.1 Å². The SMILES string of the molecule is Cc1cc(C)c(C(=O)O)cc1CC(=O)O. The second-order valence-electron chi connectivity index (χ2n) is 3.47. The third kappa shape index (κ3) is 2.56. The third-order valence-electron chi connectivity index (χ3n) is 2.26. The first-order chi connectivity index (χ1) is 6.91. The van der Waals surface area contributed by atoms with Gasteiger partial charge in [-0.15, -0.1) is 0 Å². The van der Waals surface area contributed by atoms with Crippen LogP contribution in [0.4, 0.5) is 0 Å². The van der Waals surface area contributed by atoms with Crippen molar-refractivity contribution in [1.82, 2.24) is 0 Å². The van der Waals surface area contributed by atoms with E-state index in [1.54, 1.807) is 19.9 Å². The van der Waals surface area contributed by atoms with Crippen molar-refractivity contribution in [3.63, 3.8) is 0 Å². The van der Waals surface area contributed by atoms with E-state index in [4.69, 9.17) is 10.2 Å². The van der Waals surface area contributed by atoms with Gasteiger partial charge in [0, 0.05) is 0 Å². The van der Waals surface area contributed by atoms with E-state index in [1.165, 1.54) is 6.07 Å². The summed E-state index contributed by atoms with van der Waals surface area (Å²) >= 11 is 0. The van der Waals surface area contributed by atoms with Crippen molar-refractivity contribution in [2.75, 3.05) is 0 Å². The van der Waals surface area contributed by atoms with Crippen molar-refractivity contribution in [3.8, 4) is 0 Å². The predicted molar refractivity (Wildman–Crippen MR) is 54.2 cm³/mol. The average Bonchev–Trinajstić information content (AvgIpc) is 2.08. The summed E-state index contributed by atoms with van der Waals surface area (Å²) in [6, 6.07) is 3.13. The average molecular weight is 208 g/mol. The lowest BCUT2D eigenvalue weighted by atomic mass is 9.98. The van der Waals surface area contributed by atoms with Crippen LogP contribution in [0.5, 0.6) is 0 Å². The van der Waals surface area contributed by atoms with Gasteiger partial charge < -0.3 is 10.2 Å². The molecule has 1 rings (SSSR count). The fraction of sp³-hybridized carbons (Fsp3) is 0.273. The number of hydrogen-bond donors (Lipinski definition) is 2. The fourth-order valence-corrected chi connectivity index (χ4v) is 1.48. The van der Waals surface area contributed by atoms with E-state index in [-0.39, 0.29) is 12.0 Å². The molecular formula is C11H12O4. The lowest BCUT2D eigenvalue weighted by Gasteiger charge is -2.07. The maximum atomic E-state index is 10.8. The molecule has 0 bridgehead atoms. The summed E-state index contributed by atoms with van der Waals surface area (Å²) in [5, 5.41) is 17.5. The van der Waals surface area contributed by atoms with Gasteiger partial charge in [-0.25, -0.2) is 4.79 Å². The molecular weight excluding hydrogens is 196 g/mol. The lowest BCUT2D eigenvalue weighted by Crippen LogP contribution is -2.06. The van der Waals surface area contributed by atoms with Gasteiger partial charge in [-0.3, -0.25) is 4.79 Å². The van der Waals surface area contributed by atoms with Gasteiger partial charge in [0.1, 0.15) is 0 Å². The minimum atomic E-state index is -1.03. The molecule has 0 spiro atoms. The normalized spacial score (nSPS) is 10.0. The highest BCUT2D eigenvalue weighted by Crippen LogP contribution is 2.16. The second-order valence-corrected chi connectivity index (χ2v) is 3.47. The highest BCUT2D eigenvalue weighted by Gasteiger charge is 2.12. The summed E-state index contributed by atoms with van der Waals surface area (Å²) in [6.07, 6.45) is -0.146. The summed E-state index contributed by atoms with van der Waals surface area (Å²) in [5.41, 5.74) is 2.16. The van der Waals surface area contributed by atoms with Gasteiger partial charge in [-0.05, 0) is 36.6 Å². The Balaban J connectivity index is 3.23. The highest BCUT2D eigenvalue weighted by atomic mass is 16.4. The molecule has 4 nitrogen and oxygen atoms in total.